The van der Waals surface area contributed by atoms with Gasteiger partial charge in [0.2, 0.25) is 0 Å². The van der Waals surface area contributed by atoms with E-state index in [4.69, 9.17) is 14.2 Å². The number of esters is 3. The first-order chi connectivity index (χ1) is 25.5. The van der Waals surface area contributed by atoms with E-state index in [-0.39, 0.29) is 37.5 Å². The van der Waals surface area contributed by atoms with Crippen molar-refractivity contribution in [2.45, 2.75) is 213 Å². The quantitative estimate of drug-likeness (QED) is 0.0272. The van der Waals surface area contributed by atoms with E-state index in [0.29, 0.717) is 19.3 Å². The molecule has 6 heteroatoms. The molecule has 0 spiro atoms. The van der Waals surface area contributed by atoms with Gasteiger partial charge in [-0.3, -0.25) is 14.4 Å². The number of ether oxygens (including phenoxy) is 3. The summed E-state index contributed by atoms with van der Waals surface area (Å²) in [5, 5.41) is 0. The first kappa shape index (κ1) is 49.4. The predicted molar refractivity (Wildman–Crippen MR) is 219 cm³/mol. The average molecular weight is 729 g/mol. The lowest BCUT2D eigenvalue weighted by Crippen LogP contribution is -2.30. The molecule has 0 aliphatic rings. The summed E-state index contributed by atoms with van der Waals surface area (Å²) in [6, 6.07) is 0. The van der Waals surface area contributed by atoms with Crippen molar-refractivity contribution < 1.29 is 28.6 Å². The monoisotopic (exact) mass is 729 g/mol. The van der Waals surface area contributed by atoms with E-state index in [1.165, 1.54) is 77.0 Å². The second kappa shape index (κ2) is 41.1. The molecule has 6 nitrogen and oxygen atoms in total. The van der Waals surface area contributed by atoms with Gasteiger partial charge in [0.1, 0.15) is 13.2 Å². The van der Waals surface area contributed by atoms with E-state index in [9.17, 15) is 14.4 Å². The lowest BCUT2D eigenvalue weighted by Gasteiger charge is -2.18. The Kier molecular flexibility index (Phi) is 39.1. The van der Waals surface area contributed by atoms with E-state index >= 15 is 0 Å². The van der Waals surface area contributed by atoms with Crippen molar-refractivity contribution in [2.24, 2.45) is 0 Å². The molecule has 1 unspecified atom stereocenters. The second-order valence-electron chi connectivity index (χ2n) is 14.2. The third-order valence-electron chi connectivity index (χ3n) is 9.07. The zero-order valence-electron chi connectivity index (χ0n) is 34.1. The molecule has 0 aromatic carbocycles. The Morgan fingerprint density at radius 3 is 1.25 bits per heavy atom. The van der Waals surface area contributed by atoms with Crippen molar-refractivity contribution in [1.82, 2.24) is 0 Å². The van der Waals surface area contributed by atoms with E-state index in [1.807, 2.05) is 0 Å². The summed E-state index contributed by atoms with van der Waals surface area (Å²) in [6.45, 7) is 6.43. The number of carbonyl (C=O) groups is 3. The highest BCUT2D eigenvalue weighted by Gasteiger charge is 2.19. The zero-order valence-corrected chi connectivity index (χ0v) is 34.1. The van der Waals surface area contributed by atoms with Crippen LogP contribution >= 0.6 is 0 Å². The van der Waals surface area contributed by atoms with Gasteiger partial charge in [-0.2, -0.15) is 0 Å². The molecule has 1 atom stereocenters. The molecule has 0 aliphatic heterocycles. The maximum Gasteiger partial charge on any atom is 0.306 e. The minimum Gasteiger partial charge on any atom is -0.462 e. The Hall–Kier alpha value is -2.63. The largest absolute Gasteiger partial charge is 0.462 e. The van der Waals surface area contributed by atoms with Crippen LogP contribution in [0.2, 0.25) is 0 Å². The van der Waals surface area contributed by atoms with Gasteiger partial charge in [-0.1, -0.05) is 159 Å². The summed E-state index contributed by atoms with van der Waals surface area (Å²) >= 11 is 0. The van der Waals surface area contributed by atoms with Gasteiger partial charge in [0.25, 0.3) is 0 Å². The van der Waals surface area contributed by atoms with Crippen molar-refractivity contribution in [1.29, 1.82) is 0 Å². The van der Waals surface area contributed by atoms with Crippen molar-refractivity contribution in [3.05, 3.63) is 48.6 Å². The molecule has 52 heavy (non-hydrogen) atoms. The summed E-state index contributed by atoms with van der Waals surface area (Å²) in [7, 11) is 0. The highest BCUT2D eigenvalue weighted by Crippen LogP contribution is 2.13. The second-order valence-corrected chi connectivity index (χ2v) is 14.2. The Labute approximate surface area is 320 Å². The molecule has 300 valence electrons. The third kappa shape index (κ3) is 38.6. The van der Waals surface area contributed by atoms with Crippen molar-refractivity contribution >= 4 is 17.9 Å². The van der Waals surface area contributed by atoms with Crippen LogP contribution in [0.1, 0.15) is 207 Å². The number of rotatable bonds is 38. The highest BCUT2D eigenvalue weighted by molar-refractivity contribution is 5.71. The lowest BCUT2D eigenvalue weighted by atomic mass is 10.1. The molecule has 0 radical (unpaired) electrons. The van der Waals surface area contributed by atoms with Gasteiger partial charge in [0.05, 0.1) is 0 Å². The lowest BCUT2D eigenvalue weighted by molar-refractivity contribution is -0.167. The summed E-state index contributed by atoms with van der Waals surface area (Å²) in [4.78, 5) is 37.6. The molecule has 0 fully saturated rings. The molecule has 0 aliphatic carbocycles. The smallest absolute Gasteiger partial charge is 0.306 e. The van der Waals surface area contributed by atoms with Crippen LogP contribution in [-0.2, 0) is 28.6 Å². The van der Waals surface area contributed by atoms with E-state index < -0.39 is 6.10 Å². The first-order valence-electron chi connectivity index (χ1n) is 21.6. The molecule has 0 N–H and O–H groups in total. The molecule has 0 bridgehead atoms. The van der Waals surface area contributed by atoms with E-state index in [0.717, 1.165) is 83.5 Å². The molecular formula is C46H80O6. The van der Waals surface area contributed by atoms with Crippen LogP contribution in [0.3, 0.4) is 0 Å². The molecule has 0 aromatic rings. The molecule has 0 saturated heterocycles. The number of allylic oxidation sites excluding steroid dienone is 8. The van der Waals surface area contributed by atoms with Gasteiger partial charge < -0.3 is 14.2 Å². The minimum absolute atomic E-state index is 0.0924. The standard InChI is InChI=1S/C46H80O6/c1-4-7-10-13-16-19-21-23-25-27-30-33-36-39-45(48)51-42-43(41-50-44(47)38-35-32-29-26-18-15-12-9-6-3)52-46(49)40-37-34-31-28-24-22-20-17-14-11-8-5-2/h8,11,17,20,23-25,28,43H,4-7,9-10,12-16,18-19,21-22,26-27,29-42H2,1-3H3/b11-8-,20-17-,25-23-,28-24-. The Morgan fingerprint density at radius 2 is 0.750 bits per heavy atom. The van der Waals surface area contributed by atoms with Crippen molar-refractivity contribution in [2.75, 3.05) is 13.2 Å². The highest BCUT2D eigenvalue weighted by atomic mass is 16.6. The fourth-order valence-electron chi connectivity index (χ4n) is 5.80. The van der Waals surface area contributed by atoms with Crippen LogP contribution in [0.4, 0.5) is 0 Å². The Balaban J connectivity index is 4.45. The molecule has 0 amide bonds. The fourth-order valence-corrected chi connectivity index (χ4v) is 5.80. The van der Waals surface area contributed by atoms with Gasteiger partial charge in [-0.25, -0.2) is 0 Å². The predicted octanol–water partition coefficient (Wildman–Crippen LogP) is 13.6. The number of unbranched alkanes of at least 4 members (excludes halogenated alkanes) is 19. The van der Waals surface area contributed by atoms with E-state index in [1.54, 1.807) is 0 Å². The summed E-state index contributed by atoms with van der Waals surface area (Å²) in [5.74, 6) is -0.956. The molecule has 0 heterocycles. The van der Waals surface area contributed by atoms with Gasteiger partial charge in [0, 0.05) is 19.3 Å². The van der Waals surface area contributed by atoms with Crippen LogP contribution in [0.15, 0.2) is 48.6 Å². The van der Waals surface area contributed by atoms with E-state index in [2.05, 4.69) is 69.4 Å². The Bertz CT molecular complexity index is 933. The summed E-state index contributed by atoms with van der Waals surface area (Å²) in [5.41, 5.74) is 0. The van der Waals surface area contributed by atoms with Crippen LogP contribution in [-0.4, -0.2) is 37.2 Å². The normalized spacial score (nSPS) is 12.4. The van der Waals surface area contributed by atoms with Crippen LogP contribution in [0.25, 0.3) is 0 Å². The number of hydrogen-bond donors (Lipinski definition) is 0. The zero-order chi connectivity index (χ0) is 38.0. The van der Waals surface area contributed by atoms with Gasteiger partial charge in [-0.05, 0) is 77.0 Å². The summed E-state index contributed by atoms with van der Waals surface area (Å²) in [6.07, 6.45) is 46.7. The summed E-state index contributed by atoms with van der Waals surface area (Å²) < 4.78 is 16.6. The molecule has 0 saturated carbocycles. The molecule has 0 aromatic heterocycles. The molecule has 0 rings (SSSR count). The minimum atomic E-state index is -0.792. The average Bonchev–Trinajstić information content (AvgIpc) is 3.14. The Morgan fingerprint density at radius 1 is 0.404 bits per heavy atom. The number of hydrogen-bond acceptors (Lipinski definition) is 6. The van der Waals surface area contributed by atoms with Crippen LogP contribution in [0, 0.1) is 0 Å². The van der Waals surface area contributed by atoms with Crippen molar-refractivity contribution in [3.8, 4) is 0 Å². The maximum atomic E-state index is 12.6. The van der Waals surface area contributed by atoms with Gasteiger partial charge in [-0.15, -0.1) is 0 Å². The fraction of sp³-hybridized carbons (Fsp3) is 0.761. The number of carbonyl (C=O) groups excluding carboxylic acids is 3. The SMILES string of the molecule is CC/C=C\C/C=C\C/C=C\CCCCC(=O)OC(COC(=O)CCCCC/C=C\CCCCCCCC)COC(=O)CCCCCCCCCCC. The topological polar surface area (TPSA) is 78.9 Å². The van der Waals surface area contributed by atoms with Gasteiger partial charge >= 0.3 is 17.9 Å². The van der Waals surface area contributed by atoms with Crippen LogP contribution < -0.4 is 0 Å². The maximum absolute atomic E-state index is 12.6. The van der Waals surface area contributed by atoms with Gasteiger partial charge in [0.15, 0.2) is 6.10 Å². The first-order valence-corrected chi connectivity index (χ1v) is 21.6. The molecular weight excluding hydrogens is 648 g/mol. The van der Waals surface area contributed by atoms with Crippen molar-refractivity contribution in [3.63, 3.8) is 0 Å². The van der Waals surface area contributed by atoms with Crippen LogP contribution in [0.5, 0.6) is 0 Å². The third-order valence-corrected chi connectivity index (χ3v) is 9.07.